The van der Waals surface area contributed by atoms with Crippen LogP contribution in [0.4, 0.5) is 0 Å². The molecule has 1 aromatic carbocycles. The standard InChI is InChI=1S/C24H38O4/c1-2-3-17-21(25)18-13-11-9-7-5-4-6-8-10-12-15-20-16-14-19-22(26)23(20)24(27)28/h13-14,16,18-19,21,25-26H,2-12,15,17H2,1H3,(H,27,28)/b18-13+. The van der Waals surface area contributed by atoms with Crippen LogP contribution >= 0.6 is 0 Å². The lowest BCUT2D eigenvalue weighted by Gasteiger charge is -2.08. The van der Waals surface area contributed by atoms with Crippen LogP contribution in [0.1, 0.15) is 99.9 Å². The molecule has 1 aromatic rings. The molecular formula is C24H38O4. The number of unbranched alkanes of at least 4 members (excludes halogenated alkanes) is 9. The fourth-order valence-corrected chi connectivity index (χ4v) is 3.44. The third kappa shape index (κ3) is 10.5. The smallest absolute Gasteiger partial charge is 0.339 e. The maximum atomic E-state index is 11.2. The zero-order valence-electron chi connectivity index (χ0n) is 17.4. The molecule has 0 saturated carbocycles. The van der Waals surface area contributed by atoms with Crippen LogP contribution in [0, 0.1) is 0 Å². The summed E-state index contributed by atoms with van der Waals surface area (Å²) in [4.78, 5) is 11.2. The summed E-state index contributed by atoms with van der Waals surface area (Å²) in [6.07, 6.45) is 18.0. The normalized spacial score (nSPS) is 12.5. The molecule has 0 aliphatic carbocycles. The molecule has 4 heteroatoms. The van der Waals surface area contributed by atoms with E-state index in [4.69, 9.17) is 0 Å². The monoisotopic (exact) mass is 390 g/mol. The van der Waals surface area contributed by atoms with E-state index in [1.807, 2.05) is 6.08 Å². The maximum Gasteiger partial charge on any atom is 0.339 e. The first-order valence-electron chi connectivity index (χ1n) is 10.9. The molecule has 1 unspecified atom stereocenters. The van der Waals surface area contributed by atoms with Gasteiger partial charge in [0.15, 0.2) is 0 Å². The van der Waals surface area contributed by atoms with Crippen LogP contribution in [0.25, 0.3) is 0 Å². The number of carboxylic acid groups (broad SMARTS) is 1. The molecule has 28 heavy (non-hydrogen) atoms. The molecule has 0 aromatic heterocycles. The first-order chi connectivity index (χ1) is 13.6. The number of aliphatic hydroxyl groups is 1. The number of carboxylic acids is 1. The molecule has 0 bridgehead atoms. The maximum absolute atomic E-state index is 11.2. The first-order valence-corrected chi connectivity index (χ1v) is 10.9. The molecule has 0 saturated heterocycles. The van der Waals surface area contributed by atoms with Gasteiger partial charge in [0, 0.05) is 0 Å². The Bertz CT molecular complexity index is 580. The van der Waals surface area contributed by atoms with Crippen molar-refractivity contribution < 1.29 is 20.1 Å². The average molecular weight is 391 g/mol. The molecule has 1 rings (SSSR count). The van der Waals surface area contributed by atoms with Crippen molar-refractivity contribution >= 4 is 5.97 Å². The van der Waals surface area contributed by atoms with Crippen molar-refractivity contribution in [3.8, 4) is 5.75 Å². The summed E-state index contributed by atoms with van der Waals surface area (Å²) in [6.45, 7) is 2.14. The molecule has 0 radical (unpaired) electrons. The number of carbonyl (C=O) groups is 1. The van der Waals surface area contributed by atoms with E-state index < -0.39 is 5.97 Å². The Morgan fingerprint density at radius 3 is 2.29 bits per heavy atom. The summed E-state index contributed by atoms with van der Waals surface area (Å²) < 4.78 is 0. The van der Waals surface area contributed by atoms with Crippen LogP contribution in [-0.4, -0.2) is 27.4 Å². The van der Waals surface area contributed by atoms with Crippen LogP contribution in [-0.2, 0) is 6.42 Å². The van der Waals surface area contributed by atoms with Crippen LogP contribution < -0.4 is 0 Å². The Morgan fingerprint density at radius 1 is 1.00 bits per heavy atom. The number of aliphatic hydroxyl groups excluding tert-OH is 1. The molecule has 0 fully saturated rings. The average Bonchev–Trinajstić information content (AvgIpc) is 2.66. The lowest BCUT2D eigenvalue weighted by molar-refractivity contribution is 0.0692. The molecule has 0 aliphatic heterocycles. The van der Waals surface area contributed by atoms with Crippen molar-refractivity contribution in [2.75, 3.05) is 0 Å². The Labute approximate surface area is 170 Å². The van der Waals surface area contributed by atoms with Crippen molar-refractivity contribution in [1.82, 2.24) is 0 Å². The third-order valence-electron chi connectivity index (χ3n) is 5.12. The molecule has 0 heterocycles. The second-order valence-corrected chi connectivity index (χ2v) is 7.62. The summed E-state index contributed by atoms with van der Waals surface area (Å²) in [5, 5.41) is 28.6. The third-order valence-corrected chi connectivity index (χ3v) is 5.12. The number of benzene rings is 1. The van der Waals surface area contributed by atoms with E-state index in [9.17, 15) is 20.1 Å². The lowest BCUT2D eigenvalue weighted by Crippen LogP contribution is -2.03. The van der Waals surface area contributed by atoms with Crippen LogP contribution in [0.2, 0.25) is 0 Å². The molecule has 0 spiro atoms. The minimum absolute atomic E-state index is 0.0504. The molecule has 1 atom stereocenters. The molecule has 0 aliphatic rings. The fraction of sp³-hybridized carbons (Fsp3) is 0.625. The van der Waals surface area contributed by atoms with Crippen LogP contribution in [0.15, 0.2) is 30.4 Å². The summed E-state index contributed by atoms with van der Waals surface area (Å²) >= 11 is 0. The highest BCUT2D eigenvalue weighted by molar-refractivity contribution is 5.92. The van der Waals surface area contributed by atoms with E-state index in [0.29, 0.717) is 6.42 Å². The van der Waals surface area contributed by atoms with Crippen molar-refractivity contribution in [2.45, 2.75) is 96.5 Å². The molecule has 0 amide bonds. The minimum atomic E-state index is -1.06. The van der Waals surface area contributed by atoms with Crippen LogP contribution in [0.5, 0.6) is 5.75 Å². The highest BCUT2D eigenvalue weighted by atomic mass is 16.4. The second-order valence-electron chi connectivity index (χ2n) is 7.62. The molecular weight excluding hydrogens is 352 g/mol. The van der Waals surface area contributed by atoms with Gasteiger partial charge in [0.05, 0.1) is 6.10 Å². The van der Waals surface area contributed by atoms with Gasteiger partial charge in [0.25, 0.3) is 0 Å². The van der Waals surface area contributed by atoms with Gasteiger partial charge >= 0.3 is 5.97 Å². The van der Waals surface area contributed by atoms with Crippen molar-refractivity contribution in [2.24, 2.45) is 0 Å². The van der Waals surface area contributed by atoms with Gasteiger partial charge in [-0.25, -0.2) is 4.79 Å². The largest absolute Gasteiger partial charge is 0.507 e. The molecule has 4 nitrogen and oxygen atoms in total. The van der Waals surface area contributed by atoms with Crippen molar-refractivity contribution in [1.29, 1.82) is 0 Å². The highest BCUT2D eigenvalue weighted by Crippen LogP contribution is 2.23. The van der Waals surface area contributed by atoms with Crippen molar-refractivity contribution in [3.63, 3.8) is 0 Å². The first kappa shape index (κ1) is 24.2. The van der Waals surface area contributed by atoms with Gasteiger partial charge in [0.1, 0.15) is 11.3 Å². The zero-order valence-corrected chi connectivity index (χ0v) is 17.4. The van der Waals surface area contributed by atoms with Gasteiger partial charge in [-0.3, -0.25) is 0 Å². The predicted molar refractivity (Wildman–Crippen MR) is 115 cm³/mol. The van der Waals surface area contributed by atoms with E-state index in [-0.39, 0.29) is 17.4 Å². The SMILES string of the molecule is CCCCC(O)/C=C/CCCCCCCCCCc1cccc(O)c1C(=O)O. The number of aromatic carboxylic acids is 1. The highest BCUT2D eigenvalue weighted by Gasteiger charge is 2.14. The number of hydrogen-bond donors (Lipinski definition) is 3. The number of phenols is 1. The number of hydrogen-bond acceptors (Lipinski definition) is 3. The summed E-state index contributed by atoms with van der Waals surface area (Å²) in [7, 11) is 0. The molecule has 3 N–H and O–H groups in total. The summed E-state index contributed by atoms with van der Waals surface area (Å²) in [6, 6.07) is 4.93. The van der Waals surface area contributed by atoms with Gasteiger partial charge in [-0.05, 0) is 43.7 Å². The van der Waals surface area contributed by atoms with Gasteiger partial charge in [-0.1, -0.05) is 82.6 Å². The van der Waals surface area contributed by atoms with E-state index in [1.54, 1.807) is 12.1 Å². The van der Waals surface area contributed by atoms with Crippen molar-refractivity contribution in [3.05, 3.63) is 41.5 Å². The number of allylic oxidation sites excluding steroid dienone is 1. The zero-order chi connectivity index (χ0) is 20.6. The van der Waals surface area contributed by atoms with E-state index in [2.05, 4.69) is 13.0 Å². The Hall–Kier alpha value is -1.81. The number of aryl methyl sites for hydroxylation is 1. The Balaban J connectivity index is 2.01. The Morgan fingerprint density at radius 2 is 1.64 bits per heavy atom. The summed E-state index contributed by atoms with van der Waals surface area (Å²) in [5.74, 6) is -1.20. The topological polar surface area (TPSA) is 77.8 Å². The number of aromatic hydroxyl groups is 1. The quantitative estimate of drug-likeness (QED) is 0.230. The fourth-order valence-electron chi connectivity index (χ4n) is 3.44. The van der Waals surface area contributed by atoms with E-state index >= 15 is 0 Å². The van der Waals surface area contributed by atoms with E-state index in [1.165, 1.54) is 44.6 Å². The van der Waals surface area contributed by atoms with Gasteiger partial charge < -0.3 is 15.3 Å². The minimum Gasteiger partial charge on any atom is -0.507 e. The van der Waals surface area contributed by atoms with Gasteiger partial charge in [0.2, 0.25) is 0 Å². The summed E-state index contributed by atoms with van der Waals surface area (Å²) in [5.41, 5.74) is 0.773. The van der Waals surface area contributed by atoms with E-state index in [0.717, 1.165) is 44.1 Å². The Kier molecular flexibility index (Phi) is 13.1. The molecule has 158 valence electrons. The number of rotatable bonds is 16. The van der Waals surface area contributed by atoms with Crippen LogP contribution in [0.3, 0.4) is 0 Å². The lowest BCUT2D eigenvalue weighted by atomic mass is 9.99. The van der Waals surface area contributed by atoms with Gasteiger partial charge in [-0.2, -0.15) is 0 Å². The van der Waals surface area contributed by atoms with Gasteiger partial charge in [-0.15, -0.1) is 0 Å². The second kappa shape index (κ2) is 15.2. The predicted octanol–water partition coefficient (Wildman–Crippen LogP) is 6.25.